The fourth-order valence-corrected chi connectivity index (χ4v) is 3.22. The van der Waals surface area contributed by atoms with E-state index in [4.69, 9.17) is 16.9 Å². The first-order chi connectivity index (χ1) is 9.79. The minimum atomic E-state index is 0.416. The van der Waals surface area contributed by atoms with Gasteiger partial charge in [0.1, 0.15) is 0 Å². The number of nitrogens with zero attached hydrogens (tertiary/aromatic N) is 1. The van der Waals surface area contributed by atoms with Crippen LogP contribution >= 0.6 is 23.4 Å². The number of benzene rings is 2. The van der Waals surface area contributed by atoms with Crippen LogP contribution in [0.5, 0.6) is 0 Å². The van der Waals surface area contributed by atoms with Gasteiger partial charge in [-0.1, -0.05) is 41.9 Å². The van der Waals surface area contributed by atoms with Crippen LogP contribution in [0, 0.1) is 11.3 Å². The number of rotatable bonds is 3. The Balaban J connectivity index is 2.23. The number of hydrogen-bond acceptors (Lipinski definition) is 2. The normalized spacial score (nSPS) is 10.6. The molecule has 0 bridgehead atoms. The zero-order chi connectivity index (χ0) is 13.9. The summed E-state index contributed by atoms with van der Waals surface area (Å²) in [5, 5.41) is 10.6. The van der Waals surface area contributed by atoms with Crippen molar-refractivity contribution in [2.45, 2.75) is 4.90 Å². The predicted molar refractivity (Wildman–Crippen MR) is 85.1 cm³/mol. The highest BCUT2D eigenvalue weighted by atomic mass is 35.5. The number of H-pyrrole nitrogens is 1. The third-order valence-corrected chi connectivity index (χ3v) is 4.28. The largest absolute Gasteiger partial charge is 0.354 e. The van der Waals surface area contributed by atoms with Crippen molar-refractivity contribution in [1.29, 1.82) is 5.26 Å². The molecule has 20 heavy (non-hydrogen) atoms. The maximum absolute atomic E-state index is 8.85. The Bertz CT molecular complexity index is 787. The summed E-state index contributed by atoms with van der Waals surface area (Å²) < 4.78 is 0. The second-order valence-corrected chi connectivity index (χ2v) is 5.75. The van der Waals surface area contributed by atoms with Crippen LogP contribution in [-0.2, 0) is 0 Å². The molecule has 0 saturated carbocycles. The molecule has 0 radical (unpaired) electrons. The van der Waals surface area contributed by atoms with Crippen LogP contribution in [0.25, 0.3) is 22.2 Å². The van der Waals surface area contributed by atoms with Gasteiger partial charge in [-0.15, -0.1) is 11.8 Å². The monoisotopic (exact) mass is 298 g/mol. The Hall–Kier alpha value is -1.89. The molecular formula is C16H11ClN2S. The second-order valence-electron chi connectivity index (χ2n) is 4.33. The number of aromatic nitrogens is 1. The molecule has 4 heteroatoms. The number of nitriles is 1. The number of aromatic amines is 1. The molecule has 98 valence electrons. The van der Waals surface area contributed by atoms with Crippen LogP contribution in [-0.4, -0.2) is 10.7 Å². The molecule has 3 aromatic rings. The zero-order valence-electron chi connectivity index (χ0n) is 10.6. The van der Waals surface area contributed by atoms with Gasteiger partial charge >= 0.3 is 0 Å². The summed E-state index contributed by atoms with van der Waals surface area (Å²) in [4.78, 5) is 4.51. The van der Waals surface area contributed by atoms with E-state index in [1.165, 1.54) is 11.8 Å². The molecule has 0 spiro atoms. The topological polar surface area (TPSA) is 39.6 Å². The van der Waals surface area contributed by atoms with Gasteiger partial charge in [0.25, 0.3) is 0 Å². The van der Waals surface area contributed by atoms with Crippen molar-refractivity contribution in [3.05, 3.63) is 53.6 Å². The predicted octanol–water partition coefficient (Wildman–Crippen LogP) is 5.10. The van der Waals surface area contributed by atoms with Crippen LogP contribution in [0.4, 0.5) is 0 Å². The molecule has 0 amide bonds. The molecular weight excluding hydrogens is 288 g/mol. The first kappa shape index (κ1) is 13.1. The van der Waals surface area contributed by atoms with Crippen molar-refractivity contribution in [1.82, 2.24) is 4.98 Å². The molecule has 0 saturated heterocycles. The Labute approximate surface area is 126 Å². The molecule has 0 unspecified atom stereocenters. The lowest BCUT2D eigenvalue weighted by Crippen LogP contribution is -1.80. The molecule has 2 aromatic carbocycles. The van der Waals surface area contributed by atoms with Crippen LogP contribution in [0.15, 0.2) is 53.4 Å². The third kappa shape index (κ3) is 2.40. The summed E-state index contributed by atoms with van der Waals surface area (Å²) in [5.41, 5.74) is 3.19. The second kappa shape index (κ2) is 5.62. The Morgan fingerprint density at radius 1 is 1.15 bits per heavy atom. The lowest BCUT2D eigenvalue weighted by molar-refractivity contribution is 1.39. The highest BCUT2D eigenvalue weighted by Crippen LogP contribution is 2.38. The summed E-state index contributed by atoms with van der Waals surface area (Å²) in [6.07, 6.45) is 0. The average Bonchev–Trinajstić information content (AvgIpc) is 2.84. The van der Waals surface area contributed by atoms with Gasteiger partial charge in [0, 0.05) is 20.8 Å². The Kier molecular flexibility index (Phi) is 3.68. The van der Waals surface area contributed by atoms with E-state index in [9.17, 15) is 0 Å². The van der Waals surface area contributed by atoms with Crippen molar-refractivity contribution in [2.24, 2.45) is 0 Å². The van der Waals surface area contributed by atoms with Gasteiger partial charge < -0.3 is 4.98 Å². The quantitative estimate of drug-likeness (QED) is 0.683. The number of hydrogen-bond donors (Lipinski definition) is 1. The molecule has 0 aliphatic carbocycles. The molecule has 0 atom stereocenters. The van der Waals surface area contributed by atoms with Crippen LogP contribution in [0.3, 0.4) is 0 Å². The van der Waals surface area contributed by atoms with Gasteiger partial charge in [-0.3, -0.25) is 0 Å². The van der Waals surface area contributed by atoms with Crippen molar-refractivity contribution in [3.8, 4) is 17.3 Å². The number of thioether (sulfide) groups is 1. The average molecular weight is 299 g/mol. The summed E-state index contributed by atoms with van der Waals surface area (Å²) in [6, 6.07) is 18.1. The summed E-state index contributed by atoms with van der Waals surface area (Å²) in [6.45, 7) is 0. The SMILES string of the molecule is N#CCSc1c(-c2ccccc2)[nH]c2ccc(Cl)cc12. The van der Waals surface area contributed by atoms with E-state index in [1.54, 1.807) is 0 Å². The maximum Gasteiger partial charge on any atom is 0.0856 e. The van der Waals surface area contributed by atoms with E-state index in [-0.39, 0.29) is 0 Å². The molecule has 3 rings (SSSR count). The number of fused-ring (bicyclic) bond motifs is 1. The smallest absolute Gasteiger partial charge is 0.0856 e. The van der Waals surface area contributed by atoms with E-state index in [0.717, 1.165) is 27.1 Å². The van der Waals surface area contributed by atoms with Crippen LogP contribution in [0.2, 0.25) is 5.02 Å². The van der Waals surface area contributed by atoms with E-state index in [1.807, 2.05) is 36.4 Å². The van der Waals surface area contributed by atoms with Crippen molar-refractivity contribution < 1.29 is 0 Å². The van der Waals surface area contributed by atoms with Gasteiger partial charge in [0.05, 0.1) is 17.5 Å². The van der Waals surface area contributed by atoms with Gasteiger partial charge in [-0.25, -0.2) is 0 Å². The van der Waals surface area contributed by atoms with Crippen molar-refractivity contribution >= 4 is 34.3 Å². The minimum absolute atomic E-state index is 0.416. The summed E-state index contributed by atoms with van der Waals surface area (Å²) in [5.74, 6) is 0.416. The molecule has 1 N–H and O–H groups in total. The number of nitrogens with one attached hydrogen (secondary N) is 1. The highest BCUT2D eigenvalue weighted by molar-refractivity contribution is 7.99. The Morgan fingerprint density at radius 3 is 2.70 bits per heavy atom. The maximum atomic E-state index is 8.85. The van der Waals surface area contributed by atoms with Crippen molar-refractivity contribution in [2.75, 3.05) is 5.75 Å². The molecule has 0 aliphatic heterocycles. The van der Waals surface area contributed by atoms with E-state index in [2.05, 4.69) is 23.2 Å². The molecule has 0 fully saturated rings. The fraction of sp³-hybridized carbons (Fsp3) is 0.0625. The molecule has 2 nitrogen and oxygen atoms in total. The van der Waals surface area contributed by atoms with Gasteiger partial charge in [-0.05, 0) is 23.8 Å². The standard InChI is InChI=1S/C16H11ClN2S/c17-12-6-7-14-13(10-12)16(20-9-8-18)15(19-14)11-4-2-1-3-5-11/h1-7,10,19H,9H2. The fourth-order valence-electron chi connectivity index (χ4n) is 2.20. The molecule has 1 aromatic heterocycles. The van der Waals surface area contributed by atoms with Gasteiger partial charge in [0.15, 0.2) is 0 Å². The first-order valence-corrected chi connectivity index (χ1v) is 7.52. The molecule has 0 aliphatic rings. The summed E-state index contributed by atoms with van der Waals surface area (Å²) >= 11 is 7.63. The highest BCUT2D eigenvalue weighted by Gasteiger charge is 2.13. The number of halogens is 1. The van der Waals surface area contributed by atoms with Crippen LogP contribution in [0.1, 0.15) is 0 Å². The molecule has 1 heterocycles. The lowest BCUT2D eigenvalue weighted by atomic mass is 10.1. The minimum Gasteiger partial charge on any atom is -0.354 e. The van der Waals surface area contributed by atoms with Gasteiger partial charge in [-0.2, -0.15) is 5.26 Å². The summed E-state index contributed by atoms with van der Waals surface area (Å²) in [7, 11) is 0. The Morgan fingerprint density at radius 2 is 1.95 bits per heavy atom. The zero-order valence-corrected chi connectivity index (χ0v) is 12.1. The van der Waals surface area contributed by atoms with Gasteiger partial charge in [0.2, 0.25) is 0 Å². The lowest BCUT2D eigenvalue weighted by Gasteiger charge is -2.02. The first-order valence-electron chi connectivity index (χ1n) is 6.16. The van der Waals surface area contributed by atoms with E-state index in [0.29, 0.717) is 10.8 Å². The van der Waals surface area contributed by atoms with Crippen molar-refractivity contribution in [3.63, 3.8) is 0 Å². The van der Waals surface area contributed by atoms with E-state index < -0.39 is 0 Å². The van der Waals surface area contributed by atoms with E-state index >= 15 is 0 Å². The van der Waals surface area contributed by atoms with Crippen LogP contribution < -0.4 is 0 Å². The third-order valence-electron chi connectivity index (χ3n) is 3.06.